The number of furan rings is 1. The first kappa shape index (κ1) is 18.7. The first-order valence-electron chi connectivity index (χ1n) is 9.56. The number of carbonyl (C=O) groups excluding carboxylic acids is 1. The SMILES string of the molecule is O=C(CN1CC2CN(Cc3ccccc3)CC2(C(=O)O)C1)NCc1ccco1. The maximum absolute atomic E-state index is 12.2. The topological polar surface area (TPSA) is 86.0 Å². The number of aliphatic carboxylic acids is 1. The van der Waals surface area contributed by atoms with E-state index in [-0.39, 0.29) is 18.4 Å². The van der Waals surface area contributed by atoms with Gasteiger partial charge in [-0.05, 0) is 17.7 Å². The second-order valence-electron chi connectivity index (χ2n) is 7.84. The second kappa shape index (κ2) is 7.77. The monoisotopic (exact) mass is 383 g/mol. The lowest BCUT2D eigenvalue weighted by atomic mass is 9.81. The zero-order valence-corrected chi connectivity index (χ0v) is 15.7. The lowest BCUT2D eigenvalue weighted by molar-refractivity contribution is -0.149. The van der Waals surface area contributed by atoms with Gasteiger partial charge in [-0.1, -0.05) is 30.3 Å². The maximum Gasteiger partial charge on any atom is 0.312 e. The number of likely N-dealkylation sites (tertiary alicyclic amines) is 2. The minimum atomic E-state index is -0.796. The Morgan fingerprint density at radius 3 is 2.54 bits per heavy atom. The van der Waals surface area contributed by atoms with Crippen molar-refractivity contribution in [3.63, 3.8) is 0 Å². The number of carboxylic acids is 1. The minimum absolute atomic E-state index is 0.0339. The van der Waals surface area contributed by atoms with E-state index in [1.807, 2.05) is 23.1 Å². The van der Waals surface area contributed by atoms with Crippen molar-refractivity contribution in [3.8, 4) is 0 Å². The average Bonchev–Trinajstić information content (AvgIpc) is 3.36. The van der Waals surface area contributed by atoms with Crippen LogP contribution in [0, 0.1) is 11.3 Å². The molecule has 0 bridgehead atoms. The minimum Gasteiger partial charge on any atom is -0.481 e. The number of hydrogen-bond acceptors (Lipinski definition) is 5. The fourth-order valence-corrected chi connectivity index (χ4v) is 4.52. The Morgan fingerprint density at radius 1 is 1.11 bits per heavy atom. The summed E-state index contributed by atoms with van der Waals surface area (Å²) >= 11 is 0. The summed E-state index contributed by atoms with van der Waals surface area (Å²) in [4.78, 5) is 28.6. The van der Waals surface area contributed by atoms with Gasteiger partial charge in [-0.3, -0.25) is 19.4 Å². The number of benzene rings is 1. The molecule has 1 aromatic heterocycles. The first-order chi connectivity index (χ1) is 13.5. The summed E-state index contributed by atoms with van der Waals surface area (Å²) in [6, 6.07) is 13.7. The van der Waals surface area contributed by atoms with Crippen LogP contribution >= 0.6 is 0 Å². The Balaban J connectivity index is 1.34. The second-order valence-corrected chi connectivity index (χ2v) is 7.84. The molecule has 2 aliphatic heterocycles. The van der Waals surface area contributed by atoms with E-state index >= 15 is 0 Å². The summed E-state index contributed by atoms with van der Waals surface area (Å²) in [5, 5.41) is 12.8. The van der Waals surface area contributed by atoms with Gasteiger partial charge in [-0.2, -0.15) is 0 Å². The van der Waals surface area contributed by atoms with E-state index in [1.54, 1.807) is 18.4 Å². The molecule has 0 aliphatic carbocycles. The molecular weight excluding hydrogens is 358 g/mol. The summed E-state index contributed by atoms with van der Waals surface area (Å²) in [6.07, 6.45) is 1.57. The van der Waals surface area contributed by atoms with E-state index in [9.17, 15) is 14.7 Å². The van der Waals surface area contributed by atoms with Gasteiger partial charge in [0.05, 0.1) is 24.8 Å². The highest BCUT2D eigenvalue weighted by atomic mass is 16.4. The van der Waals surface area contributed by atoms with E-state index in [2.05, 4.69) is 22.3 Å². The molecule has 1 aromatic carbocycles. The number of amides is 1. The van der Waals surface area contributed by atoms with Crippen molar-refractivity contribution in [2.75, 3.05) is 32.7 Å². The maximum atomic E-state index is 12.2. The first-order valence-corrected chi connectivity index (χ1v) is 9.56. The number of nitrogens with one attached hydrogen (secondary N) is 1. The Hall–Kier alpha value is -2.64. The van der Waals surface area contributed by atoms with Crippen molar-refractivity contribution < 1.29 is 19.1 Å². The Morgan fingerprint density at radius 2 is 1.86 bits per heavy atom. The van der Waals surface area contributed by atoms with Crippen LogP contribution in [-0.4, -0.2) is 59.5 Å². The van der Waals surface area contributed by atoms with Crippen molar-refractivity contribution in [2.45, 2.75) is 13.1 Å². The standard InChI is InChI=1S/C21H25N3O4/c25-19(22-9-18-7-4-8-28-18)13-24-12-17-11-23(10-16-5-2-1-3-6-16)14-21(17,15-24)20(26)27/h1-8,17H,9-15H2,(H,22,25)(H,26,27). The molecule has 1 amide bonds. The molecule has 2 saturated heterocycles. The van der Waals surface area contributed by atoms with Crippen LogP contribution in [0.2, 0.25) is 0 Å². The summed E-state index contributed by atoms with van der Waals surface area (Å²) in [5.41, 5.74) is 0.396. The van der Waals surface area contributed by atoms with Gasteiger partial charge in [0, 0.05) is 38.6 Å². The molecule has 2 atom stereocenters. The van der Waals surface area contributed by atoms with Gasteiger partial charge >= 0.3 is 5.97 Å². The molecule has 0 saturated carbocycles. The normalized spacial score (nSPS) is 24.9. The molecule has 0 radical (unpaired) electrons. The number of carbonyl (C=O) groups is 2. The Kier molecular flexibility index (Phi) is 5.19. The van der Waals surface area contributed by atoms with E-state index in [0.717, 1.165) is 13.1 Å². The summed E-state index contributed by atoms with van der Waals surface area (Å²) in [5.74, 6) is -0.138. The highest BCUT2D eigenvalue weighted by Crippen LogP contribution is 2.43. The fourth-order valence-electron chi connectivity index (χ4n) is 4.52. The predicted octanol–water partition coefficient (Wildman–Crippen LogP) is 1.41. The van der Waals surface area contributed by atoms with Crippen molar-refractivity contribution in [1.29, 1.82) is 0 Å². The van der Waals surface area contributed by atoms with Crippen LogP contribution in [0.25, 0.3) is 0 Å². The number of nitrogens with zero attached hydrogens (tertiary/aromatic N) is 2. The Bertz CT molecular complexity index is 823. The van der Waals surface area contributed by atoms with Crippen LogP contribution in [0.4, 0.5) is 0 Å². The van der Waals surface area contributed by atoms with Crippen molar-refractivity contribution in [2.24, 2.45) is 11.3 Å². The lowest BCUT2D eigenvalue weighted by Gasteiger charge is -2.25. The van der Waals surface area contributed by atoms with Crippen LogP contribution in [0.3, 0.4) is 0 Å². The fraction of sp³-hybridized carbons (Fsp3) is 0.429. The highest BCUT2D eigenvalue weighted by molar-refractivity contribution is 5.79. The molecule has 2 unspecified atom stereocenters. The smallest absolute Gasteiger partial charge is 0.312 e. The van der Waals surface area contributed by atoms with Crippen molar-refractivity contribution in [1.82, 2.24) is 15.1 Å². The Labute approximate surface area is 163 Å². The van der Waals surface area contributed by atoms with Crippen molar-refractivity contribution >= 4 is 11.9 Å². The zero-order valence-electron chi connectivity index (χ0n) is 15.7. The third kappa shape index (κ3) is 3.81. The van der Waals surface area contributed by atoms with E-state index in [4.69, 9.17) is 4.42 Å². The van der Waals surface area contributed by atoms with Crippen molar-refractivity contribution in [3.05, 3.63) is 60.1 Å². The molecule has 3 heterocycles. The van der Waals surface area contributed by atoms with E-state index < -0.39 is 11.4 Å². The number of hydrogen-bond donors (Lipinski definition) is 2. The van der Waals surface area contributed by atoms with E-state index in [1.165, 1.54) is 5.56 Å². The molecular formula is C21H25N3O4. The number of fused-ring (bicyclic) bond motifs is 1. The molecule has 4 rings (SSSR count). The van der Waals surface area contributed by atoms with Crippen LogP contribution in [0.1, 0.15) is 11.3 Å². The quantitative estimate of drug-likeness (QED) is 0.752. The van der Waals surface area contributed by atoms with Crippen LogP contribution in [-0.2, 0) is 22.7 Å². The number of carboxylic acid groups (broad SMARTS) is 1. The third-order valence-electron chi connectivity index (χ3n) is 5.83. The van der Waals surface area contributed by atoms with Crippen LogP contribution < -0.4 is 5.32 Å². The molecule has 2 N–H and O–H groups in total. The number of rotatable bonds is 7. The molecule has 7 heteroatoms. The molecule has 7 nitrogen and oxygen atoms in total. The molecule has 148 valence electrons. The van der Waals surface area contributed by atoms with Crippen LogP contribution in [0.5, 0.6) is 0 Å². The molecule has 2 aliphatic rings. The van der Waals surface area contributed by atoms with Gasteiger partial charge in [0.2, 0.25) is 5.91 Å². The van der Waals surface area contributed by atoms with Gasteiger partial charge in [0.15, 0.2) is 0 Å². The van der Waals surface area contributed by atoms with Gasteiger partial charge in [0.25, 0.3) is 0 Å². The lowest BCUT2D eigenvalue weighted by Crippen LogP contribution is -2.42. The zero-order chi connectivity index (χ0) is 19.6. The molecule has 0 spiro atoms. The highest BCUT2D eigenvalue weighted by Gasteiger charge is 2.57. The predicted molar refractivity (Wildman–Crippen MR) is 102 cm³/mol. The summed E-state index contributed by atoms with van der Waals surface area (Å²) in [7, 11) is 0. The van der Waals surface area contributed by atoms with Gasteiger partial charge in [0.1, 0.15) is 5.76 Å². The third-order valence-corrected chi connectivity index (χ3v) is 5.83. The van der Waals surface area contributed by atoms with Gasteiger partial charge in [-0.15, -0.1) is 0 Å². The average molecular weight is 383 g/mol. The molecule has 28 heavy (non-hydrogen) atoms. The summed E-state index contributed by atoms with van der Waals surface area (Å²) in [6.45, 7) is 3.62. The van der Waals surface area contributed by atoms with Gasteiger partial charge in [-0.25, -0.2) is 0 Å². The van der Waals surface area contributed by atoms with E-state index in [0.29, 0.717) is 31.9 Å². The molecule has 2 aromatic rings. The molecule has 2 fully saturated rings. The van der Waals surface area contributed by atoms with Crippen LogP contribution in [0.15, 0.2) is 53.1 Å². The summed E-state index contributed by atoms with van der Waals surface area (Å²) < 4.78 is 5.21. The van der Waals surface area contributed by atoms with Gasteiger partial charge < -0.3 is 14.8 Å². The largest absolute Gasteiger partial charge is 0.481 e.